The predicted octanol–water partition coefficient (Wildman–Crippen LogP) is 3.12. The second kappa shape index (κ2) is 5.06. The van der Waals surface area contributed by atoms with Gasteiger partial charge >= 0.3 is 0 Å². The molecule has 4 nitrogen and oxygen atoms in total. The van der Waals surface area contributed by atoms with E-state index in [0.29, 0.717) is 11.3 Å². The molecule has 0 aliphatic rings. The van der Waals surface area contributed by atoms with E-state index in [-0.39, 0.29) is 17.5 Å². The zero-order valence-electron chi connectivity index (χ0n) is 10.3. The van der Waals surface area contributed by atoms with E-state index in [1.807, 2.05) is 0 Å². The zero-order valence-corrected chi connectivity index (χ0v) is 10.3. The molecule has 0 saturated carbocycles. The molecule has 0 aliphatic carbocycles. The molecule has 19 heavy (non-hydrogen) atoms. The maximum absolute atomic E-state index is 13.2. The molecular formula is C14H14FNO3. The summed E-state index contributed by atoms with van der Waals surface area (Å²) in [5.41, 5.74) is 0.957. The van der Waals surface area contributed by atoms with Crippen molar-refractivity contribution in [3.63, 3.8) is 0 Å². The molecule has 0 amide bonds. The van der Waals surface area contributed by atoms with Crippen LogP contribution in [0, 0.1) is 5.82 Å². The molecule has 0 radical (unpaired) electrons. The van der Waals surface area contributed by atoms with Crippen LogP contribution in [0.2, 0.25) is 0 Å². The van der Waals surface area contributed by atoms with E-state index in [4.69, 9.17) is 5.11 Å². The number of hydrogen-bond donors (Lipinski definition) is 4. The highest BCUT2D eigenvalue weighted by atomic mass is 19.1. The Bertz CT molecular complexity index is 601. The smallest absolute Gasteiger partial charge is 0.166 e. The highest BCUT2D eigenvalue weighted by Gasteiger charge is 2.12. The van der Waals surface area contributed by atoms with Crippen LogP contribution in [0.3, 0.4) is 0 Å². The SMILES string of the molecule is CC(Nc1ccc(O)c(F)c1)c1cc(O)ccc1O. The quantitative estimate of drug-likeness (QED) is 0.642. The van der Waals surface area contributed by atoms with Crippen molar-refractivity contribution in [1.82, 2.24) is 0 Å². The van der Waals surface area contributed by atoms with Gasteiger partial charge in [-0.15, -0.1) is 0 Å². The molecule has 5 heteroatoms. The molecule has 1 atom stereocenters. The van der Waals surface area contributed by atoms with Gasteiger partial charge in [0.25, 0.3) is 0 Å². The molecule has 0 saturated heterocycles. The number of rotatable bonds is 3. The van der Waals surface area contributed by atoms with Crippen molar-refractivity contribution in [2.45, 2.75) is 13.0 Å². The fourth-order valence-corrected chi connectivity index (χ4v) is 1.81. The molecule has 0 aliphatic heterocycles. The Morgan fingerprint density at radius 1 is 1.00 bits per heavy atom. The summed E-state index contributed by atoms with van der Waals surface area (Å²) < 4.78 is 13.2. The monoisotopic (exact) mass is 263 g/mol. The molecule has 100 valence electrons. The number of aromatic hydroxyl groups is 3. The Morgan fingerprint density at radius 3 is 2.37 bits per heavy atom. The van der Waals surface area contributed by atoms with E-state index in [9.17, 15) is 14.6 Å². The van der Waals surface area contributed by atoms with Crippen LogP contribution in [0.5, 0.6) is 17.2 Å². The lowest BCUT2D eigenvalue weighted by atomic mass is 10.1. The van der Waals surface area contributed by atoms with Gasteiger partial charge in [-0.2, -0.15) is 0 Å². The first-order valence-electron chi connectivity index (χ1n) is 5.74. The van der Waals surface area contributed by atoms with E-state index in [1.165, 1.54) is 30.3 Å². The van der Waals surface area contributed by atoms with Gasteiger partial charge in [0.05, 0.1) is 6.04 Å². The van der Waals surface area contributed by atoms with Crippen molar-refractivity contribution in [2.24, 2.45) is 0 Å². The Balaban J connectivity index is 2.22. The lowest BCUT2D eigenvalue weighted by Crippen LogP contribution is -2.07. The van der Waals surface area contributed by atoms with Crippen LogP contribution in [0.15, 0.2) is 36.4 Å². The van der Waals surface area contributed by atoms with Crippen LogP contribution in [-0.2, 0) is 0 Å². The second-order valence-corrected chi connectivity index (χ2v) is 4.28. The van der Waals surface area contributed by atoms with Crippen LogP contribution >= 0.6 is 0 Å². The molecule has 0 bridgehead atoms. The van der Waals surface area contributed by atoms with Crippen LogP contribution in [-0.4, -0.2) is 15.3 Å². The standard InChI is InChI=1S/C14H14FNO3/c1-8(11-7-10(17)3-5-13(11)18)16-9-2-4-14(19)12(15)6-9/h2-8,16-19H,1H3. The molecular weight excluding hydrogens is 249 g/mol. The largest absolute Gasteiger partial charge is 0.508 e. The summed E-state index contributed by atoms with van der Waals surface area (Å²) in [5.74, 6) is -1.06. The van der Waals surface area contributed by atoms with E-state index in [0.717, 1.165) is 6.07 Å². The van der Waals surface area contributed by atoms with Crippen molar-refractivity contribution >= 4 is 5.69 Å². The summed E-state index contributed by atoms with van der Waals surface area (Å²) in [6, 6.07) is 7.79. The Kier molecular flexibility index (Phi) is 3.46. The van der Waals surface area contributed by atoms with Crippen molar-refractivity contribution < 1.29 is 19.7 Å². The van der Waals surface area contributed by atoms with Gasteiger partial charge in [0.1, 0.15) is 11.5 Å². The van der Waals surface area contributed by atoms with Gasteiger partial charge in [0, 0.05) is 17.3 Å². The molecule has 2 aromatic carbocycles. The fourth-order valence-electron chi connectivity index (χ4n) is 1.81. The highest BCUT2D eigenvalue weighted by Crippen LogP contribution is 2.30. The van der Waals surface area contributed by atoms with Crippen molar-refractivity contribution in [3.8, 4) is 17.2 Å². The van der Waals surface area contributed by atoms with E-state index in [2.05, 4.69) is 5.32 Å². The maximum atomic E-state index is 13.2. The Labute approximate surface area is 109 Å². The number of phenols is 3. The minimum absolute atomic E-state index is 0.0389. The molecule has 0 heterocycles. The lowest BCUT2D eigenvalue weighted by molar-refractivity contribution is 0.432. The third-order valence-corrected chi connectivity index (χ3v) is 2.81. The fraction of sp³-hybridized carbons (Fsp3) is 0.143. The summed E-state index contributed by atoms with van der Waals surface area (Å²) in [5, 5.41) is 31.2. The lowest BCUT2D eigenvalue weighted by Gasteiger charge is -2.17. The van der Waals surface area contributed by atoms with Gasteiger partial charge in [-0.25, -0.2) is 4.39 Å². The minimum atomic E-state index is -0.725. The Hall–Kier alpha value is -2.43. The van der Waals surface area contributed by atoms with Crippen LogP contribution in [0.4, 0.5) is 10.1 Å². The van der Waals surface area contributed by atoms with Crippen LogP contribution in [0.25, 0.3) is 0 Å². The van der Waals surface area contributed by atoms with Gasteiger partial charge in [-0.3, -0.25) is 0 Å². The summed E-state index contributed by atoms with van der Waals surface area (Å²) >= 11 is 0. The molecule has 2 rings (SSSR count). The van der Waals surface area contributed by atoms with E-state index in [1.54, 1.807) is 6.92 Å². The van der Waals surface area contributed by atoms with Crippen LogP contribution < -0.4 is 5.32 Å². The predicted molar refractivity (Wildman–Crippen MR) is 69.9 cm³/mol. The molecule has 0 spiro atoms. The highest BCUT2D eigenvalue weighted by molar-refractivity contribution is 5.50. The van der Waals surface area contributed by atoms with E-state index < -0.39 is 11.6 Å². The number of benzene rings is 2. The van der Waals surface area contributed by atoms with Gasteiger partial charge in [-0.1, -0.05) is 0 Å². The summed E-state index contributed by atoms with van der Waals surface area (Å²) in [6.07, 6.45) is 0. The summed E-state index contributed by atoms with van der Waals surface area (Å²) in [6.45, 7) is 1.76. The van der Waals surface area contributed by atoms with Gasteiger partial charge in [0.15, 0.2) is 11.6 Å². The first kappa shape index (κ1) is 13.0. The van der Waals surface area contributed by atoms with Gasteiger partial charge in [-0.05, 0) is 37.3 Å². The Morgan fingerprint density at radius 2 is 1.68 bits per heavy atom. The first-order valence-corrected chi connectivity index (χ1v) is 5.74. The second-order valence-electron chi connectivity index (χ2n) is 4.28. The number of anilines is 1. The maximum Gasteiger partial charge on any atom is 0.166 e. The van der Waals surface area contributed by atoms with E-state index >= 15 is 0 Å². The third kappa shape index (κ3) is 2.88. The van der Waals surface area contributed by atoms with Gasteiger partial charge in [0.2, 0.25) is 0 Å². The summed E-state index contributed by atoms with van der Waals surface area (Å²) in [7, 11) is 0. The number of hydrogen-bond acceptors (Lipinski definition) is 4. The molecule has 0 aromatic heterocycles. The molecule has 2 aromatic rings. The molecule has 4 N–H and O–H groups in total. The molecule has 1 unspecified atom stereocenters. The number of nitrogens with one attached hydrogen (secondary N) is 1. The normalized spacial score (nSPS) is 12.1. The summed E-state index contributed by atoms with van der Waals surface area (Å²) in [4.78, 5) is 0. The zero-order chi connectivity index (χ0) is 14.0. The average Bonchev–Trinajstić information content (AvgIpc) is 2.36. The van der Waals surface area contributed by atoms with Crippen molar-refractivity contribution in [1.29, 1.82) is 0 Å². The topological polar surface area (TPSA) is 72.7 Å². The third-order valence-electron chi connectivity index (χ3n) is 2.81. The van der Waals surface area contributed by atoms with Gasteiger partial charge < -0.3 is 20.6 Å². The molecule has 0 fully saturated rings. The number of halogens is 1. The first-order chi connectivity index (χ1) is 8.97. The van der Waals surface area contributed by atoms with Crippen molar-refractivity contribution in [3.05, 3.63) is 47.8 Å². The number of phenolic OH excluding ortho intramolecular Hbond substituents is 3. The minimum Gasteiger partial charge on any atom is -0.508 e. The average molecular weight is 263 g/mol. The van der Waals surface area contributed by atoms with Crippen LogP contribution in [0.1, 0.15) is 18.5 Å². The van der Waals surface area contributed by atoms with Crippen molar-refractivity contribution in [2.75, 3.05) is 5.32 Å².